The summed E-state index contributed by atoms with van der Waals surface area (Å²) in [6.45, 7) is 1.23. The van der Waals surface area contributed by atoms with Crippen LogP contribution in [0.25, 0.3) is 0 Å². The van der Waals surface area contributed by atoms with Gasteiger partial charge in [-0.1, -0.05) is 18.2 Å². The molecule has 0 unspecified atom stereocenters. The van der Waals surface area contributed by atoms with Crippen molar-refractivity contribution in [3.8, 4) is 0 Å². The Kier molecular flexibility index (Phi) is 3.01. The van der Waals surface area contributed by atoms with E-state index in [2.05, 4.69) is 23.5 Å². The second-order valence-electron chi connectivity index (χ2n) is 3.44. The van der Waals surface area contributed by atoms with Crippen molar-refractivity contribution in [2.75, 3.05) is 25.8 Å². The van der Waals surface area contributed by atoms with Gasteiger partial charge in [-0.2, -0.15) is 0 Å². The molecule has 0 bridgehead atoms. The molecule has 0 spiro atoms. The smallest absolute Gasteiger partial charge is 0.146 e. The molecular formula is C11H15NO2. The van der Waals surface area contributed by atoms with Crippen molar-refractivity contribution >= 4 is 5.69 Å². The van der Waals surface area contributed by atoms with Crippen LogP contribution in [0.1, 0.15) is 5.56 Å². The van der Waals surface area contributed by atoms with Gasteiger partial charge >= 0.3 is 0 Å². The van der Waals surface area contributed by atoms with E-state index in [1.807, 2.05) is 6.07 Å². The third kappa shape index (κ3) is 2.05. The maximum absolute atomic E-state index is 5.50. The summed E-state index contributed by atoms with van der Waals surface area (Å²) in [5.74, 6) is 0. The van der Waals surface area contributed by atoms with Crippen molar-refractivity contribution in [2.45, 2.75) is 12.5 Å². The minimum atomic E-state index is 0.227. The number of anilines is 1. The lowest BCUT2D eigenvalue weighted by Gasteiger charge is -2.25. The van der Waals surface area contributed by atoms with Crippen LogP contribution in [0.5, 0.6) is 0 Å². The number of methoxy groups -OCH3 is 1. The lowest BCUT2D eigenvalue weighted by atomic mass is 10.0. The number of ether oxygens (including phenoxy) is 2. The van der Waals surface area contributed by atoms with Crippen LogP contribution in [0, 0.1) is 0 Å². The summed E-state index contributed by atoms with van der Waals surface area (Å²) in [6.07, 6.45) is 1.19. The Bertz CT molecular complexity index is 301. The highest BCUT2D eigenvalue weighted by Gasteiger charge is 2.17. The van der Waals surface area contributed by atoms with Crippen LogP contribution in [0.4, 0.5) is 5.69 Å². The molecule has 3 nitrogen and oxygen atoms in total. The highest BCUT2D eigenvalue weighted by atomic mass is 16.7. The van der Waals surface area contributed by atoms with E-state index in [0.717, 1.165) is 13.0 Å². The molecule has 1 aliphatic rings. The molecular weight excluding hydrogens is 178 g/mol. The fraction of sp³-hybridized carbons (Fsp3) is 0.455. The van der Waals surface area contributed by atoms with Crippen LogP contribution in [-0.4, -0.2) is 26.6 Å². The summed E-state index contributed by atoms with van der Waals surface area (Å²) >= 11 is 0. The van der Waals surface area contributed by atoms with Crippen LogP contribution in [0.15, 0.2) is 24.3 Å². The lowest BCUT2D eigenvalue weighted by molar-refractivity contribution is -0.0672. The summed E-state index contributed by atoms with van der Waals surface area (Å²) in [5.41, 5.74) is 2.55. The number of fused-ring (bicyclic) bond motifs is 1. The van der Waals surface area contributed by atoms with Gasteiger partial charge in [-0.15, -0.1) is 0 Å². The summed E-state index contributed by atoms with van der Waals surface area (Å²) in [5, 5.41) is 3.34. The Morgan fingerprint density at radius 2 is 2.29 bits per heavy atom. The largest absolute Gasteiger partial charge is 0.382 e. The zero-order valence-corrected chi connectivity index (χ0v) is 8.32. The summed E-state index contributed by atoms with van der Waals surface area (Å²) < 4.78 is 10.4. The first-order valence-corrected chi connectivity index (χ1v) is 4.82. The fourth-order valence-corrected chi connectivity index (χ4v) is 1.69. The maximum atomic E-state index is 5.50. The van der Waals surface area contributed by atoms with Crippen LogP contribution in [0.3, 0.4) is 0 Å². The van der Waals surface area contributed by atoms with Crippen LogP contribution < -0.4 is 5.32 Å². The Labute approximate surface area is 84.0 Å². The predicted octanol–water partition coefficient (Wildman–Crippen LogP) is 1.64. The molecule has 3 heteroatoms. The first-order chi connectivity index (χ1) is 6.90. The van der Waals surface area contributed by atoms with Crippen molar-refractivity contribution in [3.05, 3.63) is 29.8 Å². The van der Waals surface area contributed by atoms with Gasteiger partial charge in [-0.05, 0) is 11.6 Å². The van der Waals surface area contributed by atoms with Crippen LogP contribution in [-0.2, 0) is 15.9 Å². The molecule has 1 N–H and O–H groups in total. The molecule has 0 aromatic heterocycles. The van der Waals surface area contributed by atoms with Crippen molar-refractivity contribution in [3.63, 3.8) is 0 Å². The first-order valence-electron chi connectivity index (χ1n) is 4.82. The Hall–Kier alpha value is -1.06. The molecule has 0 saturated heterocycles. The van der Waals surface area contributed by atoms with Gasteiger partial charge in [-0.3, -0.25) is 0 Å². The van der Waals surface area contributed by atoms with E-state index < -0.39 is 0 Å². The molecule has 1 aliphatic heterocycles. The van der Waals surface area contributed by atoms with E-state index in [1.54, 1.807) is 7.11 Å². The standard InChI is InChI=1S/C11H15NO2/c1-13-8-14-10-6-9-4-2-3-5-11(9)12-7-10/h2-5,10,12H,6-8H2,1H3/t10-/m1/s1. The highest BCUT2D eigenvalue weighted by Crippen LogP contribution is 2.22. The highest BCUT2D eigenvalue weighted by molar-refractivity contribution is 5.53. The van der Waals surface area contributed by atoms with E-state index in [9.17, 15) is 0 Å². The number of hydrogen-bond acceptors (Lipinski definition) is 3. The normalized spacial score (nSPS) is 19.9. The lowest BCUT2D eigenvalue weighted by Crippen LogP contribution is -2.30. The van der Waals surface area contributed by atoms with Crippen molar-refractivity contribution in [1.82, 2.24) is 0 Å². The topological polar surface area (TPSA) is 30.5 Å². The molecule has 0 fully saturated rings. The van der Waals surface area contributed by atoms with E-state index in [1.165, 1.54) is 11.3 Å². The Morgan fingerprint density at radius 3 is 3.14 bits per heavy atom. The molecule has 1 aromatic carbocycles. The third-order valence-corrected chi connectivity index (χ3v) is 2.41. The van der Waals surface area contributed by atoms with E-state index in [0.29, 0.717) is 6.79 Å². The molecule has 2 rings (SSSR count). The van der Waals surface area contributed by atoms with E-state index in [4.69, 9.17) is 9.47 Å². The molecule has 0 amide bonds. The number of para-hydroxylation sites is 1. The zero-order valence-electron chi connectivity index (χ0n) is 8.32. The van der Waals surface area contributed by atoms with Gasteiger partial charge in [0.25, 0.3) is 0 Å². The van der Waals surface area contributed by atoms with E-state index >= 15 is 0 Å². The maximum Gasteiger partial charge on any atom is 0.146 e. The summed E-state index contributed by atoms with van der Waals surface area (Å²) in [4.78, 5) is 0. The number of nitrogens with one attached hydrogen (secondary N) is 1. The zero-order chi connectivity index (χ0) is 9.80. The van der Waals surface area contributed by atoms with E-state index in [-0.39, 0.29) is 6.10 Å². The molecule has 1 atom stereocenters. The average molecular weight is 193 g/mol. The molecule has 76 valence electrons. The third-order valence-electron chi connectivity index (χ3n) is 2.41. The molecule has 0 saturated carbocycles. The second-order valence-corrected chi connectivity index (χ2v) is 3.44. The van der Waals surface area contributed by atoms with Gasteiger partial charge in [0.2, 0.25) is 0 Å². The van der Waals surface area contributed by atoms with Crippen LogP contribution >= 0.6 is 0 Å². The minimum Gasteiger partial charge on any atom is -0.382 e. The van der Waals surface area contributed by atoms with Crippen molar-refractivity contribution < 1.29 is 9.47 Å². The van der Waals surface area contributed by atoms with Crippen molar-refractivity contribution in [1.29, 1.82) is 0 Å². The van der Waals surface area contributed by atoms with Gasteiger partial charge in [-0.25, -0.2) is 0 Å². The van der Waals surface area contributed by atoms with Gasteiger partial charge in [0.1, 0.15) is 6.79 Å². The molecule has 0 radical (unpaired) electrons. The SMILES string of the molecule is COCO[C@H]1CNc2ccccc2C1. The Balaban J connectivity index is 1.99. The van der Waals surface area contributed by atoms with Crippen LogP contribution in [0.2, 0.25) is 0 Å². The quantitative estimate of drug-likeness (QED) is 0.740. The molecule has 14 heavy (non-hydrogen) atoms. The minimum absolute atomic E-state index is 0.227. The molecule has 0 aliphatic carbocycles. The average Bonchev–Trinajstić information content (AvgIpc) is 2.26. The van der Waals surface area contributed by atoms with Gasteiger partial charge in [0.15, 0.2) is 0 Å². The number of benzene rings is 1. The monoisotopic (exact) mass is 193 g/mol. The number of rotatable bonds is 3. The van der Waals surface area contributed by atoms with Gasteiger partial charge in [0, 0.05) is 25.8 Å². The molecule has 1 aromatic rings. The summed E-state index contributed by atoms with van der Waals surface area (Å²) in [6, 6.07) is 8.33. The summed E-state index contributed by atoms with van der Waals surface area (Å²) in [7, 11) is 1.64. The fourth-order valence-electron chi connectivity index (χ4n) is 1.69. The molecule has 1 heterocycles. The van der Waals surface area contributed by atoms with Gasteiger partial charge in [0.05, 0.1) is 6.10 Å². The number of hydrogen-bond donors (Lipinski definition) is 1. The predicted molar refractivity (Wildman–Crippen MR) is 55.4 cm³/mol. The Morgan fingerprint density at radius 1 is 1.43 bits per heavy atom. The van der Waals surface area contributed by atoms with Crippen molar-refractivity contribution in [2.24, 2.45) is 0 Å². The second kappa shape index (κ2) is 4.44. The first kappa shape index (κ1) is 9.49. The van der Waals surface area contributed by atoms with Gasteiger partial charge < -0.3 is 14.8 Å².